The fourth-order valence-electron chi connectivity index (χ4n) is 2.84. The van der Waals surface area contributed by atoms with E-state index in [1.54, 1.807) is 0 Å². The summed E-state index contributed by atoms with van der Waals surface area (Å²) in [7, 11) is 4.12. The molecule has 1 aliphatic rings. The molecule has 1 amide bonds. The van der Waals surface area contributed by atoms with Gasteiger partial charge in [-0.15, -0.1) is 11.3 Å². The Morgan fingerprint density at radius 3 is 2.91 bits per heavy atom. The average molecular weight is 316 g/mol. The molecule has 0 bridgehead atoms. The summed E-state index contributed by atoms with van der Waals surface area (Å²) in [6.07, 6.45) is 4.72. The van der Waals surface area contributed by atoms with Gasteiger partial charge in [0.05, 0.1) is 5.01 Å². The van der Waals surface area contributed by atoms with Gasteiger partial charge in [-0.1, -0.05) is 0 Å². The van der Waals surface area contributed by atoms with E-state index in [4.69, 9.17) is 0 Å². The molecular weight excluding hydrogens is 296 g/mol. The molecule has 0 saturated heterocycles. The molecule has 0 unspecified atom stereocenters. The second kappa shape index (κ2) is 6.14. The number of hydrogen-bond donors (Lipinski definition) is 0. The number of hydrogen-bond acceptors (Lipinski definition) is 5. The number of aromatic nitrogens is 2. The number of carbonyl (C=O) groups excluding carboxylic acids is 1. The van der Waals surface area contributed by atoms with E-state index in [-0.39, 0.29) is 5.91 Å². The van der Waals surface area contributed by atoms with Gasteiger partial charge in [0.2, 0.25) is 0 Å². The van der Waals surface area contributed by atoms with Crippen LogP contribution in [-0.2, 0) is 19.5 Å². The van der Waals surface area contributed by atoms with Crippen LogP contribution < -0.4 is 0 Å². The smallest absolute Gasteiger partial charge is 0.273 e. The number of thiazole rings is 1. The summed E-state index contributed by atoms with van der Waals surface area (Å²) < 4.78 is 0. The van der Waals surface area contributed by atoms with Crippen molar-refractivity contribution in [3.8, 4) is 0 Å². The standard InChI is InChI=1S/C16H20N4OS/c1-11-18-15(10-22-11)16(21)20-5-4-14-12(8-19(2)3)6-17-7-13(14)9-20/h6-7,10H,4-5,8-9H2,1-3H3. The zero-order chi connectivity index (χ0) is 15.7. The molecule has 0 saturated carbocycles. The van der Waals surface area contributed by atoms with Crippen LogP contribution in [0.15, 0.2) is 17.8 Å². The summed E-state index contributed by atoms with van der Waals surface area (Å²) in [5.74, 6) is 0.0213. The van der Waals surface area contributed by atoms with Crippen LogP contribution in [0.1, 0.15) is 32.2 Å². The van der Waals surface area contributed by atoms with Crippen LogP contribution in [0.2, 0.25) is 0 Å². The topological polar surface area (TPSA) is 49.3 Å². The van der Waals surface area contributed by atoms with Crippen LogP contribution in [0.25, 0.3) is 0 Å². The van der Waals surface area contributed by atoms with Crippen molar-refractivity contribution in [3.05, 3.63) is 45.2 Å². The molecule has 6 heteroatoms. The zero-order valence-electron chi connectivity index (χ0n) is 13.2. The molecule has 0 fully saturated rings. The van der Waals surface area contributed by atoms with Crippen molar-refractivity contribution in [2.45, 2.75) is 26.4 Å². The van der Waals surface area contributed by atoms with Gasteiger partial charge in [0.15, 0.2) is 0 Å². The van der Waals surface area contributed by atoms with Crippen molar-refractivity contribution in [2.24, 2.45) is 0 Å². The molecule has 0 aliphatic carbocycles. The Kier molecular flexibility index (Phi) is 4.22. The van der Waals surface area contributed by atoms with Gasteiger partial charge in [-0.3, -0.25) is 9.78 Å². The molecule has 22 heavy (non-hydrogen) atoms. The maximum atomic E-state index is 12.5. The van der Waals surface area contributed by atoms with E-state index in [0.717, 1.165) is 30.1 Å². The average Bonchev–Trinajstić information content (AvgIpc) is 2.92. The van der Waals surface area contributed by atoms with Crippen molar-refractivity contribution in [3.63, 3.8) is 0 Å². The summed E-state index contributed by atoms with van der Waals surface area (Å²) in [6, 6.07) is 0. The molecule has 0 radical (unpaired) electrons. The second-order valence-electron chi connectivity index (χ2n) is 5.90. The Bertz CT molecular complexity index is 695. The monoisotopic (exact) mass is 316 g/mol. The molecule has 1 aliphatic heterocycles. The molecule has 0 aromatic carbocycles. The third-order valence-corrected chi connectivity index (χ3v) is 4.61. The minimum absolute atomic E-state index is 0.0213. The maximum absolute atomic E-state index is 12.5. The lowest BCUT2D eigenvalue weighted by molar-refractivity contribution is 0.0728. The van der Waals surface area contributed by atoms with Crippen molar-refractivity contribution in [1.29, 1.82) is 0 Å². The molecule has 3 heterocycles. The normalized spacial score (nSPS) is 14.3. The van der Waals surface area contributed by atoms with Crippen LogP contribution in [-0.4, -0.2) is 46.3 Å². The number of nitrogens with zero attached hydrogens (tertiary/aromatic N) is 4. The molecule has 0 atom stereocenters. The number of aryl methyl sites for hydroxylation is 1. The number of rotatable bonds is 3. The van der Waals surface area contributed by atoms with Gasteiger partial charge < -0.3 is 9.80 Å². The lowest BCUT2D eigenvalue weighted by Gasteiger charge is -2.29. The third-order valence-electron chi connectivity index (χ3n) is 3.84. The Morgan fingerprint density at radius 2 is 2.23 bits per heavy atom. The first kappa shape index (κ1) is 15.1. The minimum Gasteiger partial charge on any atom is -0.333 e. The Labute approximate surface area is 134 Å². The molecule has 0 spiro atoms. The van der Waals surface area contributed by atoms with E-state index in [9.17, 15) is 4.79 Å². The Hall–Kier alpha value is -1.79. The van der Waals surface area contributed by atoms with Gasteiger partial charge in [0.25, 0.3) is 5.91 Å². The quantitative estimate of drug-likeness (QED) is 0.870. The van der Waals surface area contributed by atoms with Crippen LogP contribution in [0, 0.1) is 6.92 Å². The lowest BCUT2D eigenvalue weighted by atomic mass is 9.96. The van der Waals surface area contributed by atoms with E-state index in [0.29, 0.717) is 12.2 Å². The SMILES string of the molecule is Cc1nc(C(=O)N2CCc3c(CN(C)C)cncc3C2)cs1. The van der Waals surface area contributed by atoms with E-state index < -0.39 is 0 Å². The molecule has 0 N–H and O–H groups in total. The molecule has 5 nitrogen and oxygen atoms in total. The number of pyridine rings is 1. The first-order valence-corrected chi connectivity index (χ1v) is 8.23. The van der Waals surface area contributed by atoms with E-state index in [1.807, 2.05) is 29.6 Å². The number of carbonyl (C=O) groups is 1. The Balaban J connectivity index is 1.81. The summed E-state index contributed by atoms with van der Waals surface area (Å²) in [5.41, 5.74) is 4.33. The highest BCUT2D eigenvalue weighted by Gasteiger charge is 2.25. The second-order valence-corrected chi connectivity index (χ2v) is 6.96. The molecule has 3 rings (SSSR count). The van der Waals surface area contributed by atoms with E-state index in [1.165, 1.54) is 22.5 Å². The molecule has 2 aromatic rings. The van der Waals surface area contributed by atoms with Gasteiger partial charge in [-0.25, -0.2) is 4.98 Å². The van der Waals surface area contributed by atoms with Crippen molar-refractivity contribution in [2.75, 3.05) is 20.6 Å². The van der Waals surface area contributed by atoms with Crippen molar-refractivity contribution in [1.82, 2.24) is 19.8 Å². The van der Waals surface area contributed by atoms with Crippen LogP contribution in [0.4, 0.5) is 0 Å². The predicted octanol–water partition coefficient (Wildman–Crippen LogP) is 2.11. The first-order valence-electron chi connectivity index (χ1n) is 7.35. The summed E-state index contributed by atoms with van der Waals surface area (Å²) in [4.78, 5) is 25.2. The Morgan fingerprint density at radius 1 is 1.41 bits per heavy atom. The van der Waals surface area contributed by atoms with Crippen LogP contribution in [0.5, 0.6) is 0 Å². The lowest BCUT2D eigenvalue weighted by Crippen LogP contribution is -2.36. The third kappa shape index (κ3) is 3.03. The maximum Gasteiger partial charge on any atom is 0.273 e. The van der Waals surface area contributed by atoms with Crippen LogP contribution in [0.3, 0.4) is 0 Å². The highest BCUT2D eigenvalue weighted by atomic mass is 32.1. The van der Waals surface area contributed by atoms with Crippen molar-refractivity contribution < 1.29 is 4.79 Å². The summed E-state index contributed by atoms with van der Waals surface area (Å²) in [5, 5.41) is 2.77. The highest BCUT2D eigenvalue weighted by molar-refractivity contribution is 7.09. The predicted molar refractivity (Wildman–Crippen MR) is 86.9 cm³/mol. The minimum atomic E-state index is 0.0213. The van der Waals surface area contributed by atoms with Gasteiger partial charge in [0, 0.05) is 37.4 Å². The van der Waals surface area contributed by atoms with Crippen molar-refractivity contribution >= 4 is 17.2 Å². The molecule has 2 aromatic heterocycles. The number of fused-ring (bicyclic) bond motifs is 1. The van der Waals surface area contributed by atoms with Crippen LogP contribution >= 0.6 is 11.3 Å². The van der Waals surface area contributed by atoms with Gasteiger partial charge in [-0.05, 0) is 44.1 Å². The van der Waals surface area contributed by atoms with Gasteiger partial charge >= 0.3 is 0 Å². The zero-order valence-corrected chi connectivity index (χ0v) is 14.0. The number of amides is 1. The summed E-state index contributed by atoms with van der Waals surface area (Å²) >= 11 is 1.52. The van der Waals surface area contributed by atoms with E-state index >= 15 is 0 Å². The van der Waals surface area contributed by atoms with E-state index in [2.05, 4.69) is 29.0 Å². The molecule has 116 valence electrons. The fraction of sp³-hybridized carbons (Fsp3) is 0.438. The van der Waals surface area contributed by atoms with Gasteiger partial charge in [-0.2, -0.15) is 0 Å². The molecular formula is C16H20N4OS. The largest absolute Gasteiger partial charge is 0.333 e. The van der Waals surface area contributed by atoms with Gasteiger partial charge in [0.1, 0.15) is 5.69 Å². The highest BCUT2D eigenvalue weighted by Crippen LogP contribution is 2.23. The fourth-order valence-corrected chi connectivity index (χ4v) is 3.43. The first-order chi connectivity index (χ1) is 10.5. The summed E-state index contributed by atoms with van der Waals surface area (Å²) in [6.45, 7) is 4.17.